The van der Waals surface area contributed by atoms with Crippen molar-refractivity contribution in [1.82, 2.24) is 20.9 Å². The lowest BCUT2D eigenvalue weighted by atomic mass is 10.1. The Morgan fingerprint density at radius 3 is 2.17 bits per heavy atom. The number of fused-ring (bicyclic) bond motifs is 1. The van der Waals surface area contributed by atoms with E-state index in [0.717, 1.165) is 0 Å². The Hall–Kier alpha value is -2.70. The first kappa shape index (κ1) is 28.5. The zero-order valence-electron chi connectivity index (χ0n) is 21.1. The Morgan fingerprint density at radius 2 is 1.66 bits per heavy atom. The van der Waals surface area contributed by atoms with Crippen LogP contribution in [0, 0.1) is 23.7 Å². The molecule has 5 N–H and O–H groups in total. The van der Waals surface area contributed by atoms with Crippen molar-refractivity contribution in [2.75, 3.05) is 25.4 Å². The molecule has 0 bridgehead atoms. The second kappa shape index (κ2) is 10.5. The minimum absolute atomic E-state index is 0.0654. The maximum Gasteiger partial charge on any atom is 0.315 e. The topological polar surface area (TPSA) is 185 Å². The quantitative estimate of drug-likeness (QED) is 0.263. The van der Waals surface area contributed by atoms with Gasteiger partial charge in [0.1, 0.15) is 6.04 Å². The van der Waals surface area contributed by atoms with Gasteiger partial charge in [-0.25, -0.2) is 13.2 Å². The van der Waals surface area contributed by atoms with Gasteiger partial charge in [0.05, 0.1) is 23.6 Å². The molecule has 0 aromatic rings. The number of nitrogens with two attached hydrogens (primary N) is 1. The van der Waals surface area contributed by atoms with E-state index in [1.165, 1.54) is 4.90 Å². The SMILES string of the molecule is CC(C)C(CS(=O)(=O)C(C)(C)C)NC(=O)NCC(=O)N1CC2C(C)C2C1C(=O)NCC(=O)C(N)=O. The van der Waals surface area contributed by atoms with Gasteiger partial charge in [0, 0.05) is 12.6 Å². The van der Waals surface area contributed by atoms with E-state index in [0.29, 0.717) is 6.54 Å². The number of carbonyl (C=O) groups excluding carboxylic acids is 5. The van der Waals surface area contributed by atoms with Crippen LogP contribution in [0.3, 0.4) is 0 Å². The van der Waals surface area contributed by atoms with Crippen molar-refractivity contribution in [3.05, 3.63) is 0 Å². The third-order valence-corrected chi connectivity index (χ3v) is 9.55. The van der Waals surface area contributed by atoms with Crippen LogP contribution in [-0.2, 0) is 29.0 Å². The highest BCUT2D eigenvalue weighted by molar-refractivity contribution is 7.92. The fourth-order valence-electron chi connectivity index (χ4n) is 4.23. The second-order valence-electron chi connectivity index (χ2n) is 10.7. The number of sulfone groups is 1. The zero-order valence-corrected chi connectivity index (χ0v) is 21.9. The summed E-state index contributed by atoms with van der Waals surface area (Å²) in [5.41, 5.74) is 4.90. The molecule has 1 aliphatic heterocycles. The first-order chi connectivity index (χ1) is 16.0. The summed E-state index contributed by atoms with van der Waals surface area (Å²) in [6, 6.07) is -2.16. The van der Waals surface area contributed by atoms with Gasteiger partial charge in [0.15, 0.2) is 9.84 Å². The number of nitrogens with zero attached hydrogens (tertiary/aromatic N) is 1. The molecule has 5 atom stereocenters. The van der Waals surface area contributed by atoms with Gasteiger partial charge in [-0.3, -0.25) is 19.2 Å². The summed E-state index contributed by atoms with van der Waals surface area (Å²) in [6.45, 7) is 9.73. The largest absolute Gasteiger partial charge is 0.363 e. The van der Waals surface area contributed by atoms with E-state index in [9.17, 15) is 32.4 Å². The van der Waals surface area contributed by atoms with Crippen molar-refractivity contribution in [3.8, 4) is 0 Å². The molecule has 1 aliphatic carbocycles. The van der Waals surface area contributed by atoms with Crippen LogP contribution in [0.5, 0.6) is 0 Å². The number of Topliss-reactive ketones (excluding diaryl/α,β-unsaturated/α-hetero) is 1. The number of hydrogen-bond acceptors (Lipinski definition) is 7. The van der Waals surface area contributed by atoms with Crippen LogP contribution < -0.4 is 21.7 Å². The number of nitrogens with one attached hydrogen (secondary N) is 3. The molecule has 0 aromatic carbocycles. The fraction of sp³-hybridized carbons (Fsp3) is 0.773. The summed E-state index contributed by atoms with van der Waals surface area (Å²) in [7, 11) is -3.49. The van der Waals surface area contributed by atoms with E-state index in [2.05, 4.69) is 16.0 Å². The van der Waals surface area contributed by atoms with Crippen LogP contribution >= 0.6 is 0 Å². The van der Waals surface area contributed by atoms with Crippen molar-refractivity contribution >= 4 is 39.4 Å². The van der Waals surface area contributed by atoms with Crippen LogP contribution in [0.1, 0.15) is 41.5 Å². The summed E-state index contributed by atoms with van der Waals surface area (Å²) in [6.07, 6.45) is 0. The van der Waals surface area contributed by atoms with Gasteiger partial charge >= 0.3 is 6.03 Å². The highest BCUT2D eigenvalue weighted by Gasteiger charge is 2.62. The molecule has 2 aliphatic rings. The molecule has 2 fully saturated rings. The number of hydrogen-bond donors (Lipinski definition) is 4. The number of rotatable bonds is 10. The Morgan fingerprint density at radius 1 is 1.06 bits per heavy atom. The van der Waals surface area contributed by atoms with Gasteiger partial charge in [0.25, 0.3) is 5.91 Å². The number of ketones is 1. The lowest BCUT2D eigenvalue weighted by Crippen LogP contribution is -2.54. The number of carbonyl (C=O) groups is 5. The Labute approximate surface area is 206 Å². The minimum Gasteiger partial charge on any atom is -0.363 e. The average molecular weight is 516 g/mol. The van der Waals surface area contributed by atoms with Crippen LogP contribution in [0.15, 0.2) is 0 Å². The van der Waals surface area contributed by atoms with Crippen molar-refractivity contribution < 1.29 is 32.4 Å². The van der Waals surface area contributed by atoms with Crippen LogP contribution in [0.25, 0.3) is 0 Å². The summed E-state index contributed by atoms with van der Waals surface area (Å²) in [5, 5.41) is 7.45. The molecule has 12 nitrogen and oxygen atoms in total. The molecule has 5 unspecified atom stereocenters. The first-order valence-electron chi connectivity index (χ1n) is 11.6. The summed E-state index contributed by atoms with van der Waals surface area (Å²) < 4.78 is 24.2. The van der Waals surface area contributed by atoms with Gasteiger partial charge < -0.3 is 26.6 Å². The van der Waals surface area contributed by atoms with Crippen LogP contribution in [-0.4, -0.2) is 85.1 Å². The zero-order chi connectivity index (χ0) is 26.9. The molecule has 13 heteroatoms. The van der Waals surface area contributed by atoms with Crippen molar-refractivity contribution in [1.29, 1.82) is 0 Å². The molecule has 198 valence electrons. The van der Waals surface area contributed by atoms with Crippen LogP contribution in [0.4, 0.5) is 4.79 Å². The molecule has 1 saturated carbocycles. The predicted octanol–water partition coefficient (Wildman–Crippen LogP) is -1.21. The van der Waals surface area contributed by atoms with Crippen molar-refractivity contribution in [2.24, 2.45) is 29.4 Å². The standard InChI is InChI=1S/C22H37N5O7S/c1-11(2)14(10-35(33,34)22(4,5)6)26-21(32)25-8-16(29)27-9-13-12(3)17(13)18(27)20(31)24-7-15(28)19(23)30/h11-14,17-18H,7-10H2,1-6H3,(H2,23,30)(H,24,31)(H2,25,26,32). The normalized spacial score (nSPS) is 24.4. The van der Waals surface area contributed by atoms with Gasteiger partial charge in [-0.2, -0.15) is 0 Å². The fourth-order valence-corrected chi connectivity index (χ4v) is 5.68. The van der Waals surface area contributed by atoms with Crippen LogP contribution in [0.2, 0.25) is 0 Å². The maximum atomic E-state index is 12.8. The molecule has 0 aromatic heterocycles. The predicted molar refractivity (Wildman–Crippen MR) is 128 cm³/mol. The molecular formula is C22H37N5O7S. The van der Waals surface area contributed by atoms with Gasteiger partial charge in [0.2, 0.25) is 17.6 Å². The molecule has 1 saturated heterocycles. The van der Waals surface area contributed by atoms with E-state index >= 15 is 0 Å². The lowest BCUT2D eigenvalue weighted by Gasteiger charge is -2.29. The minimum atomic E-state index is -3.49. The maximum absolute atomic E-state index is 12.8. The highest BCUT2D eigenvalue weighted by atomic mass is 32.2. The van der Waals surface area contributed by atoms with Crippen molar-refractivity contribution in [2.45, 2.75) is 58.4 Å². The first-order valence-corrected chi connectivity index (χ1v) is 13.3. The highest BCUT2D eigenvalue weighted by Crippen LogP contribution is 2.55. The third-order valence-electron chi connectivity index (χ3n) is 6.88. The molecule has 2 rings (SSSR count). The Kier molecular flexibility index (Phi) is 8.57. The molecule has 1 heterocycles. The summed E-state index contributed by atoms with van der Waals surface area (Å²) >= 11 is 0. The van der Waals surface area contributed by atoms with Gasteiger partial charge in [-0.15, -0.1) is 0 Å². The number of likely N-dealkylation sites (tertiary alicyclic amines) is 1. The van der Waals surface area contributed by atoms with Gasteiger partial charge in [-0.1, -0.05) is 20.8 Å². The Balaban J connectivity index is 1.96. The molecule has 0 spiro atoms. The van der Waals surface area contributed by atoms with E-state index in [4.69, 9.17) is 5.73 Å². The average Bonchev–Trinajstić information content (AvgIpc) is 3.17. The number of piperidine rings is 1. The third kappa shape index (κ3) is 6.71. The number of urea groups is 1. The van der Waals surface area contributed by atoms with E-state index < -0.39 is 62.7 Å². The lowest BCUT2D eigenvalue weighted by molar-refractivity contribution is -0.140. The Bertz CT molecular complexity index is 989. The monoisotopic (exact) mass is 515 g/mol. The smallest absolute Gasteiger partial charge is 0.315 e. The molecule has 0 radical (unpaired) electrons. The molecule has 35 heavy (non-hydrogen) atoms. The van der Waals surface area contributed by atoms with E-state index in [-0.39, 0.29) is 36.0 Å². The molecular weight excluding hydrogens is 478 g/mol. The second-order valence-corrected chi connectivity index (χ2v) is 13.5. The van der Waals surface area contributed by atoms with Crippen molar-refractivity contribution in [3.63, 3.8) is 0 Å². The van der Waals surface area contributed by atoms with Gasteiger partial charge in [-0.05, 0) is 44.4 Å². The summed E-state index contributed by atoms with van der Waals surface area (Å²) in [4.78, 5) is 61.6. The number of primary amides is 1. The van der Waals surface area contributed by atoms with E-state index in [1.807, 2.05) is 6.92 Å². The molecule has 5 amide bonds. The number of amides is 5. The summed E-state index contributed by atoms with van der Waals surface area (Å²) in [5.74, 6) is -3.24. The van der Waals surface area contributed by atoms with E-state index in [1.54, 1.807) is 34.6 Å².